The predicted molar refractivity (Wildman–Crippen MR) is 93.6 cm³/mol. The first-order valence-corrected chi connectivity index (χ1v) is 7.81. The number of halogens is 1. The van der Waals surface area contributed by atoms with E-state index in [4.69, 9.17) is 4.74 Å². The second kappa shape index (κ2) is 7.84. The topological polar surface area (TPSA) is 50.4 Å². The summed E-state index contributed by atoms with van der Waals surface area (Å²) in [6, 6.07) is 13.5. The van der Waals surface area contributed by atoms with Crippen molar-refractivity contribution in [3.05, 3.63) is 52.5 Å². The molecule has 0 saturated carbocycles. The van der Waals surface area contributed by atoms with Gasteiger partial charge in [0.2, 0.25) is 5.91 Å². The monoisotopic (exact) mass is 362 g/mol. The first kappa shape index (κ1) is 16.4. The van der Waals surface area contributed by atoms with E-state index in [1.165, 1.54) is 0 Å². The van der Waals surface area contributed by atoms with Gasteiger partial charge in [0.1, 0.15) is 5.75 Å². The molecule has 4 nitrogen and oxygen atoms in total. The van der Waals surface area contributed by atoms with E-state index in [-0.39, 0.29) is 5.91 Å². The Morgan fingerprint density at radius 3 is 2.77 bits per heavy atom. The Hall–Kier alpha value is -2.01. The molecule has 2 N–H and O–H groups in total. The fourth-order valence-corrected chi connectivity index (χ4v) is 2.58. The highest BCUT2D eigenvalue weighted by Gasteiger charge is 2.05. The molecule has 0 heterocycles. The highest BCUT2D eigenvalue weighted by atomic mass is 79.9. The summed E-state index contributed by atoms with van der Waals surface area (Å²) in [5.41, 5.74) is 2.87. The molecule has 0 atom stereocenters. The van der Waals surface area contributed by atoms with Crippen LogP contribution < -0.4 is 15.4 Å². The highest BCUT2D eigenvalue weighted by molar-refractivity contribution is 9.10. The highest BCUT2D eigenvalue weighted by Crippen LogP contribution is 2.23. The number of benzene rings is 2. The Labute approximate surface area is 139 Å². The minimum atomic E-state index is -0.0278. The van der Waals surface area contributed by atoms with Crippen LogP contribution in [0.1, 0.15) is 12.0 Å². The van der Waals surface area contributed by atoms with E-state index >= 15 is 0 Å². The van der Waals surface area contributed by atoms with Crippen molar-refractivity contribution in [1.29, 1.82) is 0 Å². The summed E-state index contributed by atoms with van der Waals surface area (Å²) in [5, 5.41) is 6.10. The molecule has 2 rings (SSSR count). The summed E-state index contributed by atoms with van der Waals surface area (Å²) < 4.78 is 6.05. The summed E-state index contributed by atoms with van der Waals surface area (Å²) in [7, 11) is 1.63. The molecule has 0 saturated heterocycles. The molecule has 5 heteroatoms. The lowest BCUT2D eigenvalue weighted by Crippen LogP contribution is -2.16. The third kappa shape index (κ3) is 4.77. The smallest absolute Gasteiger partial charge is 0.226 e. The molecule has 1 amide bonds. The van der Waals surface area contributed by atoms with Crippen molar-refractivity contribution in [3.8, 4) is 5.75 Å². The average Bonchev–Trinajstić information content (AvgIpc) is 2.50. The molecule has 0 aliphatic heterocycles. The van der Waals surface area contributed by atoms with Crippen molar-refractivity contribution >= 4 is 33.2 Å². The van der Waals surface area contributed by atoms with E-state index < -0.39 is 0 Å². The molecule has 0 aliphatic rings. The van der Waals surface area contributed by atoms with E-state index in [0.717, 1.165) is 27.2 Å². The number of amides is 1. The van der Waals surface area contributed by atoms with Gasteiger partial charge in [-0.05, 0) is 52.7 Å². The Morgan fingerprint density at radius 2 is 2.05 bits per heavy atom. The normalized spacial score (nSPS) is 10.1. The first-order chi connectivity index (χ1) is 10.6. The molecular formula is C17H19BrN2O2. The molecule has 0 bridgehead atoms. The van der Waals surface area contributed by atoms with Crippen molar-refractivity contribution in [2.24, 2.45) is 0 Å². The van der Waals surface area contributed by atoms with Crippen LogP contribution in [-0.2, 0) is 4.79 Å². The molecule has 0 spiro atoms. The minimum Gasteiger partial charge on any atom is -0.497 e. The van der Waals surface area contributed by atoms with E-state index in [2.05, 4.69) is 26.6 Å². The largest absolute Gasteiger partial charge is 0.497 e. The molecule has 0 unspecified atom stereocenters. The van der Waals surface area contributed by atoms with E-state index in [1.807, 2.05) is 49.4 Å². The third-order valence-electron chi connectivity index (χ3n) is 3.15. The zero-order valence-corrected chi connectivity index (χ0v) is 14.2. The van der Waals surface area contributed by atoms with Crippen molar-refractivity contribution < 1.29 is 9.53 Å². The van der Waals surface area contributed by atoms with Gasteiger partial charge < -0.3 is 15.4 Å². The van der Waals surface area contributed by atoms with Crippen molar-refractivity contribution in [3.63, 3.8) is 0 Å². The summed E-state index contributed by atoms with van der Waals surface area (Å²) in [6.45, 7) is 2.57. The lowest BCUT2D eigenvalue weighted by molar-refractivity contribution is -0.115. The van der Waals surface area contributed by atoms with Crippen LogP contribution in [0, 0.1) is 6.92 Å². The minimum absolute atomic E-state index is 0.0278. The quantitative estimate of drug-likeness (QED) is 0.809. The Morgan fingerprint density at radius 1 is 1.23 bits per heavy atom. The number of anilines is 2. The molecule has 2 aromatic rings. The Bertz CT molecular complexity index is 659. The second-order valence-electron chi connectivity index (χ2n) is 4.94. The predicted octanol–water partition coefficient (Wildman–Crippen LogP) is 4.21. The Balaban J connectivity index is 1.82. The molecule has 22 heavy (non-hydrogen) atoms. The zero-order valence-electron chi connectivity index (χ0n) is 12.7. The molecule has 0 aromatic heterocycles. The molecule has 0 radical (unpaired) electrons. The van der Waals surface area contributed by atoms with E-state index in [0.29, 0.717) is 13.0 Å². The van der Waals surface area contributed by atoms with Gasteiger partial charge in [-0.15, -0.1) is 0 Å². The van der Waals surface area contributed by atoms with Gasteiger partial charge in [0, 0.05) is 29.2 Å². The van der Waals surface area contributed by atoms with Gasteiger partial charge in [-0.3, -0.25) is 4.79 Å². The van der Waals surface area contributed by atoms with Gasteiger partial charge in [-0.2, -0.15) is 0 Å². The number of hydrogen-bond donors (Lipinski definition) is 2. The van der Waals surface area contributed by atoms with Gasteiger partial charge in [-0.1, -0.05) is 12.1 Å². The van der Waals surface area contributed by atoms with Crippen LogP contribution in [-0.4, -0.2) is 19.6 Å². The SMILES string of the molecule is COc1cccc(NCCC(=O)Nc2ccc(C)cc2Br)c1. The number of aryl methyl sites for hydroxylation is 1. The van der Waals surface area contributed by atoms with Crippen LogP contribution in [0.5, 0.6) is 5.75 Å². The van der Waals surface area contributed by atoms with Crippen LogP contribution >= 0.6 is 15.9 Å². The van der Waals surface area contributed by atoms with E-state index in [9.17, 15) is 4.79 Å². The number of carbonyl (C=O) groups is 1. The number of hydrogen-bond acceptors (Lipinski definition) is 3. The summed E-state index contributed by atoms with van der Waals surface area (Å²) in [6.07, 6.45) is 0.386. The number of rotatable bonds is 6. The summed E-state index contributed by atoms with van der Waals surface area (Å²) in [4.78, 5) is 12.0. The van der Waals surface area contributed by atoms with Crippen LogP contribution in [0.25, 0.3) is 0 Å². The van der Waals surface area contributed by atoms with Crippen molar-refractivity contribution in [2.45, 2.75) is 13.3 Å². The summed E-state index contributed by atoms with van der Waals surface area (Å²) >= 11 is 3.45. The number of carbonyl (C=O) groups excluding carboxylic acids is 1. The second-order valence-corrected chi connectivity index (χ2v) is 5.79. The molecule has 2 aromatic carbocycles. The summed E-state index contributed by atoms with van der Waals surface area (Å²) in [5.74, 6) is 0.762. The van der Waals surface area contributed by atoms with Crippen LogP contribution in [0.4, 0.5) is 11.4 Å². The molecule has 0 fully saturated rings. The molecule has 0 aliphatic carbocycles. The lowest BCUT2D eigenvalue weighted by atomic mass is 10.2. The maximum Gasteiger partial charge on any atom is 0.226 e. The van der Waals surface area contributed by atoms with Crippen LogP contribution in [0.15, 0.2) is 46.9 Å². The first-order valence-electron chi connectivity index (χ1n) is 7.02. The van der Waals surface area contributed by atoms with Crippen molar-refractivity contribution in [2.75, 3.05) is 24.3 Å². The lowest BCUT2D eigenvalue weighted by Gasteiger charge is -2.10. The molecule has 116 valence electrons. The van der Waals surface area contributed by atoms with Gasteiger partial charge in [0.25, 0.3) is 0 Å². The third-order valence-corrected chi connectivity index (χ3v) is 3.81. The number of nitrogens with one attached hydrogen (secondary N) is 2. The average molecular weight is 363 g/mol. The number of ether oxygens (including phenoxy) is 1. The zero-order chi connectivity index (χ0) is 15.9. The van der Waals surface area contributed by atoms with Gasteiger partial charge >= 0.3 is 0 Å². The van der Waals surface area contributed by atoms with Crippen LogP contribution in [0.3, 0.4) is 0 Å². The standard InChI is InChI=1S/C17H19BrN2O2/c1-12-6-7-16(15(18)10-12)20-17(21)8-9-19-13-4-3-5-14(11-13)22-2/h3-7,10-11,19H,8-9H2,1-2H3,(H,20,21). The maximum absolute atomic E-state index is 12.0. The van der Waals surface area contributed by atoms with Gasteiger partial charge in [-0.25, -0.2) is 0 Å². The van der Waals surface area contributed by atoms with Crippen molar-refractivity contribution in [1.82, 2.24) is 0 Å². The molecular weight excluding hydrogens is 344 g/mol. The van der Waals surface area contributed by atoms with Crippen LogP contribution in [0.2, 0.25) is 0 Å². The fraction of sp³-hybridized carbons (Fsp3) is 0.235. The number of methoxy groups -OCH3 is 1. The van der Waals surface area contributed by atoms with Gasteiger partial charge in [0.15, 0.2) is 0 Å². The van der Waals surface area contributed by atoms with E-state index in [1.54, 1.807) is 7.11 Å². The maximum atomic E-state index is 12.0. The van der Waals surface area contributed by atoms with Gasteiger partial charge in [0.05, 0.1) is 12.8 Å². The Kier molecular flexibility index (Phi) is 5.83. The fourth-order valence-electron chi connectivity index (χ4n) is 1.99.